The predicted octanol–water partition coefficient (Wildman–Crippen LogP) is 2.99. The van der Waals surface area contributed by atoms with E-state index >= 15 is 0 Å². The van der Waals surface area contributed by atoms with Gasteiger partial charge in [-0.05, 0) is 25.5 Å². The Bertz CT molecular complexity index is 885. The number of ether oxygens (including phenoxy) is 2. The van der Waals surface area contributed by atoms with Crippen LogP contribution in [0, 0.1) is 5.41 Å². The van der Waals surface area contributed by atoms with E-state index in [4.69, 9.17) is 32.7 Å². The van der Waals surface area contributed by atoms with Crippen LogP contribution in [0.5, 0.6) is 0 Å². The molecule has 1 aromatic rings. The van der Waals surface area contributed by atoms with E-state index in [0.717, 1.165) is 7.11 Å². The first kappa shape index (κ1) is 23.0. The van der Waals surface area contributed by atoms with Crippen molar-refractivity contribution in [3.63, 3.8) is 0 Å². The van der Waals surface area contributed by atoms with Gasteiger partial charge in [0.25, 0.3) is 0 Å². The first-order valence-corrected chi connectivity index (χ1v) is 9.28. The largest absolute Gasteiger partial charge is 0.480 e. The summed E-state index contributed by atoms with van der Waals surface area (Å²) in [6.07, 6.45) is 0. The summed E-state index contributed by atoms with van der Waals surface area (Å²) >= 11 is 12.4. The second-order valence-corrected chi connectivity index (χ2v) is 7.39. The summed E-state index contributed by atoms with van der Waals surface area (Å²) in [7, 11) is 2.42. The molecule has 2 rings (SSSR count). The number of hydrogen-bond donors (Lipinski definition) is 2. The smallest absolute Gasteiger partial charge is 0.334 e. The third-order valence-electron chi connectivity index (χ3n) is 5.36. The number of aliphatic carboxylic acids is 2. The normalized spacial score (nSPS) is 24.4. The molecule has 1 aromatic carbocycles. The van der Waals surface area contributed by atoms with E-state index in [1.807, 2.05) is 0 Å². The first-order valence-electron chi connectivity index (χ1n) is 8.52. The molecule has 3 unspecified atom stereocenters. The monoisotopic (exact) mass is 445 g/mol. The van der Waals surface area contributed by atoms with E-state index in [0.29, 0.717) is 0 Å². The Morgan fingerprint density at radius 3 is 2.31 bits per heavy atom. The molecule has 1 aliphatic heterocycles. The Kier molecular flexibility index (Phi) is 6.82. The van der Waals surface area contributed by atoms with Crippen LogP contribution in [0.2, 0.25) is 10.0 Å². The van der Waals surface area contributed by atoms with Gasteiger partial charge in [-0.3, -0.25) is 9.59 Å². The fraction of sp³-hybridized carbons (Fsp3) is 0.421. The number of benzene rings is 1. The van der Waals surface area contributed by atoms with Crippen molar-refractivity contribution in [2.75, 3.05) is 21.0 Å². The van der Waals surface area contributed by atoms with E-state index < -0.39 is 35.3 Å². The highest BCUT2D eigenvalue weighted by Gasteiger charge is 2.64. The molecular weight excluding hydrogens is 425 g/mol. The van der Waals surface area contributed by atoms with E-state index in [9.17, 15) is 24.6 Å². The number of allylic oxidation sites excluding steroid dienone is 1. The van der Waals surface area contributed by atoms with Gasteiger partial charge in [0.15, 0.2) is 5.41 Å². The maximum Gasteiger partial charge on any atom is 0.334 e. The minimum atomic E-state index is -2.32. The van der Waals surface area contributed by atoms with Gasteiger partial charge in [0, 0.05) is 18.7 Å². The van der Waals surface area contributed by atoms with Gasteiger partial charge in [0.1, 0.15) is 6.73 Å². The van der Waals surface area contributed by atoms with Crippen LogP contribution < -0.4 is 0 Å². The maximum absolute atomic E-state index is 13.0. The lowest BCUT2D eigenvalue weighted by atomic mass is 9.61. The van der Waals surface area contributed by atoms with Crippen molar-refractivity contribution in [1.82, 2.24) is 4.90 Å². The highest BCUT2D eigenvalue weighted by atomic mass is 35.5. The molecule has 0 spiro atoms. The molecule has 0 aliphatic carbocycles. The number of carbonyl (C=O) groups is 3. The van der Waals surface area contributed by atoms with Gasteiger partial charge in [-0.25, -0.2) is 4.79 Å². The lowest BCUT2D eigenvalue weighted by Crippen LogP contribution is -2.62. The zero-order valence-corrected chi connectivity index (χ0v) is 17.7. The van der Waals surface area contributed by atoms with E-state index in [1.165, 1.54) is 44.1 Å². The van der Waals surface area contributed by atoms with Crippen molar-refractivity contribution in [3.8, 4) is 0 Å². The van der Waals surface area contributed by atoms with E-state index in [1.54, 1.807) is 0 Å². The van der Waals surface area contributed by atoms with Gasteiger partial charge in [-0.1, -0.05) is 35.3 Å². The van der Waals surface area contributed by atoms with Crippen LogP contribution in [0.25, 0.3) is 0 Å². The molecule has 0 radical (unpaired) electrons. The molecule has 0 fully saturated rings. The van der Waals surface area contributed by atoms with Crippen molar-refractivity contribution >= 4 is 41.1 Å². The lowest BCUT2D eigenvalue weighted by molar-refractivity contribution is -0.176. The van der Waals surface area contributed by atoms with Crippen LogP contribution in [0.4, 0.5) is 0 Å². The standard InChI is InChI=1S/C19H21Cl2NO7/c1-9-13(16(23)24)14(11-6-5-7-12(20)15(11)21)19(17(25)26,18(27)29-4)10(2)22(9)8-28-3/h5-7,10,14H,8H2,1-4H3,(H,23,24)(H,25,26). The number of carbonyl (C=O) groups excluding carboxylic acids is 1. The van der Waals surface area contributed by atoms with Crippen LogP contribution in [-0.2, 0) is 23.9 Å². The van der Waals surface area contributed by atoms with E-state index in [2.05, 4.69) is 0 Å². The third kappa shape index (κ3) is 3.45. The minimum Gasteiger partial charge on any atom is -0.480 e. The topological polar surface area (TPSA) is 113 Å². The van der Waals surface area contributed by atoms with Crippen LogP contribution in [0.3, 0.4) is 0 Å². The summed E-state index contributed by atoms with van der Waals surface area (Å²) in [6.45, 7) is 2.89. The maximum atomic E-state index is 13.0. The molecule has 0 saturated carbocycles. The van der Waals surface area contributed by atoms with Crippen LogP contribution in [0.1, 0.15) is 25.3 Å². The molecular formula is C19H21Cl2NO7. The third-order valence-corrected chi connectivity index (χ3v) is 6.19. The number of esters is 1. The van der Waals surface area contributed by atoms with Crippen LogP contribution in [-0.4, -0.2) is 60.0 Å². The molecule has 0 aromatic heterocycles. The summed E-state index contributed by atoms with van der Waals surface area (Å²) < 4.78 is 9.98. The average molecular weight is 446 g/mol. The molecule has 2 N–H and O–H groups in total. The van der Waals surface area contributed by atoms with Gasteiger partial charge in [-0.15, -0.1) is 0 Å². The zero-order valence-electron chi connectivity index (χ0n) is 16.2. The zero-order chi connectivity index (χ0) is 22.1. The Morgan fingerprint density at radius 1 is 1.21 bits per heavy atom. The summed E-state index contributed by atoms with van der Waals surface area (Å²) in [5.41, 5.74) is -2.28. The highest BCUT2D eigenvalue weighted by Crippen LogP contribution is 2.54. The van der Waals surface area contributed by atoms with Crippen molar-refractivity contribution in [3.05, 3.63) is 45.1 Å². The first-order chi connectivity index (χ1) is 13.6. The average Bonchev–Trinajstić information content (AvgIpc) is 2.66. The summed E-state index contributed by atoms with van der Waals surface area (Å²) in [6, 6.07) is 3.41. The van der Waals surface area contributed by atoms with Crippen LogP contribution >= 0.6 is 23.2 Å². The number of methoxy groups -OCH3 is 2. The number of carboxylic acid groups (broad SMARTS) is 2. The van der Waals surface area contributed by atoms with Crippen molar-refractivity contribution in [1.29, 1.82) is 0 Å². The SMILES string of the molecule is COCN1C(C)=C(C(=O)O)C(c2cccc(Cl)c2Cl)C(C(=O)O)(C(=O)OC)C1C. The Labute approximate surface area is 177 Å². The Morgan fingerprint density at radius 2 is 1.83 bits per heavy atom. The molecule has 1 aliphatic rings. The van der Waals surface area contributed by atoms with Gasteiger partial charge in [0.05, 0.1) is 28.8 Å². The number of rotatable bonds is 6. The van der Waals surface area contributed by atoms with Gasteiger partial charge < -0.3 is 24.6 Å². The van der Waals surface area contributed by atoms with Gasteiger partial charge in [-0.2, -0.15) is 0 Å². The quantitative estimate of drug-likeness (QED) is 0.507. The lowest BCUT2D eigenvalue weighted by Gasteiger charge is -2.49. The fourth-order valence-corrected chi connectivity index (χ4v) is 4.40. The number of halogens is 2. The summed E-state index contributed by atoms with van der Waals surface area (Å²) in [5.74, 6) is -5.51. The van der Waals surface area contributed by atoms with Gasteiger partial charge in [0.2, 0.25) is 0 Å². The van der Waals surface area contributed by atoms with E-state index in [-0.39, 0.29) is 33.6 Å². The number of carboxylic acids is 2. The van der Waals surface area contributed by atoms with Crippen molar-refractivity contribution in [2.24, 2.45) is 5.41 Å². The summed E-state index contributed by atoms with van der Waals surface area (Å²) in [4.78, 5) is 39.3. The predicted molar refractivity (Wildman–Crippen MR) is 105 cm³/mol. The van der Waals surface area contributed by atoms with Crippen molar-refractivity contribution < 1.29 is 34.1 Å². The molecule has 29 heavy (non-hydrogen) atoms. The molecule has 10 heteroatoms. The summed E-state index contributed by atoms with van der Waals surface area (Å²) in [5, 5.41) is 20.3. The molecule has 0 amide bonds. The van der Waals surface area contributed by atoms with Gasteiger partial charge >= 0.3 is 17.9 Å². The molecule has 3 atom stereocenters. The molecule has 0 bridgehead atoms. The Hall–Kier alpha value is -2.29. The molecule has 158 valence electrons. The van der Waals surface area contributed by atoms with Crippen molar-refractivity contribution in [2.45, 2.75) is 25.8 Å². The van der Waals surface area contributed by atoms with Crippen LogP contribution in [0.15, 0.2) is 29.5 Å². The minimum absolute atomic E-state index is 0.0346. The Balaban J connectivity index is 3.04. The molecule has 0 saturated heterocycles. The fourth-order valence-electron chi connectivity index (χ4n) is 3.99. The molecule has 8 nitrogen and oxygen atoms in total. The number of hydrogen-bond acceptors (Lipinski definition) is 6. The molecule has 1 heterocycles. The second-order valence-electron chi connectivity index (χ2n) is 6.61. The highest BCUT2D eigenvalue weighted by molar-refractivity contribution is 6.42. The number of nitrogens with zero attached hydrogens (tertiary/aromatic N) is 1. The second kappa shape index (κ2) is 8.61.